The van der Waals surface area contributed by atoms with E-state index < -0.39 is 5.92 Å². The minimum atomic E-state index is -0.782. The molecule has 0 spiro atoms. The summed E-state index contributed by atoms with van der Waals surface area (Å²) in [5.41, 5.74) is 2.55. The first-order valence-electron chi connectivity index (χ1n) is 9.14. The molecular formula is C24H20O3S. The number of ether oxygens (including phenoxy) is 1. The molecule has 1 atom stereocenters. The topological polar surface area (TPSA) is 43.4 Å². The molecule has 3 aromatic rings. The number of benzene rings is 3. The minimum absolute atomic E-state index is 0.130. The van der Waals surface area contributed by atoms with Crippen molar-refractivity contribution >= 4 is 23.3 Å². The van der Waals surface area contributed by atoms with Crippen molar-refractivity contribution < 1.29 is 14.3 Å². The van der Waals surface area contributed by atoms with E-state index in [1.54, 1.807) is 43.1 Å². The molecule has 0 fully saturated rings. The molecule has 0 unspecified atom stereocenters. The van der Waals surface area contributed by atoms with Crippen molar-refractivity contribution in [3.8, 4) is 5.75 Å². The van der Waals surface area contributed by atoms with Gasteiger partial charge in [0.1, 0.15) is 11.5 Å². The van der Waals surface area contributed by atoms with Crippen LogP contribution in [0.3, 0.4) is 0 Å². The Hall–Kier alpha value is -2.85. The Morgan fingerprint density at radius 2 is 1.50 bits per heavy atom. The molecule has 4 rings (SSSR count). The number of methoxy groups -OCH3 is 1. The lowest BCUT2D eigenvalue weighted by Gasteiger charge is -2.32. The zero-order valence-electron chi connectivity index (χ0n) is 15.7. The van der Waals surface area contributed by atoms with Crippen LogP contribution in [0.4, 0.5) is 0 Å². The van der Waals surface area contributed by atoms with E-state index in [1.807, 2.05) is 36.4 Å². The molecule has 1 heterocycles. The highest BCUT2D eigenvalue weighted by Crippen LogP contribution is 2.49. The molecule has 0 N–H and O–H groups in total. The maximum atomic E-state index is 13.5. The van der Waals surface area contributed by atoms with E-state index in [9.17, 15) is 9.59 Å². The summed E-state index contributed by atoms with van der Waals surface area (Å²) in [5, 5.41) is 0. The zero-order chi connectivity index (χ0) is 19.7. The second-order valence-electron chi connectivity index (χ2n) is 6.84. The molecule has 4 heteroatoms. The fraction of sp³-hybridized carbons (Fsp3) is 0.167. The van der Waals surface area contributed by atoms with Gasteiger partial charge in [0.2, 0.25) is 0 Å². The van der Waals surface area contributed by atoms with Gasteiger partial charge in [-0.15, -0.1) is 0 Å². The zero-order valence-corrected chi connectivity index (χ0v) is 16.5. The highest BCUT2D eigenvalue weighted by molar-refractivity contribution is 7.99. The number of carbonyl (C=O) groups excluding carboxylic acids is 2. The van der Waals surface area contributed by atoms with Crippen molar-refractivity contribution in [3.05, 3.63) is 89.5 Å². The van der Waals surface area contributed by atoms with E-state index in [1.165, 1.54) is 6.92 Å². The standard InChI is InChI=1S/C24H20O3S/c1-15(25)22(24(26)16-8-7-9-17(14-16)27-2)23-18-10-3-5-12-20(18)28-21-13-6-4-11-19(21)23/h3-14,22-23H,1-2H3/t22-/m1/s1. The molecule has 28 heavy (non-hydrogen) atoms. The Balaban J connectivity index is 1.86. The molecule has 1 aliphatic heterocycles. The van der Waals surface area contributed by atoms with Gasteiger partial charge in [-0.2, -0.15) is 0 Å². The quantitative estimate of drug-likeness (QED) is 0.435. The van der Waals surface area contributed by atoms with E-state index in [0.29, 0.717) is 11.3 Å². The molecule has 0 radical (unpaired) electrons. The van der Waals surface area contributed by atoms with E-state index in [0.717, 1.165) is 20.9 Å². The van der Waals surface area contributed by atoms with Crippen LogP contribution in [-0.4, -0.2) is 18.7 Å². The smallest absolute Gasteiger partial charge is 0.174 e. The lowest BCUT2D eigenvalue weighted by atomic mass is 9.75. The van der Waals surface area contributed by atoms with Gasteiger partial charge in [0.05, 0.1) is 13.0 Å². The van der Waals surface area contributed by atoms with Gasteiger partial charge in [-0.1, -0.05) is 60.3 Å². The van der Waals surface area contributed by atoms with Crippen molar-refractivity contribution in [2.24, 2.45) is 5.92 Å². The predicted molar refractivity (Wildman–Crippen MR) is 110 cm³/mol. The second-order valence-corrected chi connectivity index (χ2v) is 7.92. The third-order valence-electron chi connectivity index (χ3n) is 5.14. The van der Waals surface area contributed by atoms with Crippen LogP contribution in [0.2, 0.25) is 0 Å². The number of hydrogen-bond acceptors (Lipinski definition) is 4. The normalized spacial score (nSPS) is 13.9. The number of Topliss-reactive ketones (excluding diaryl/α,β-unsaturated/α-hetero) is 2. The van der Waals surface area contributed by atoms with Gasteiger partial charge in [0.25, 0.3) is 0 Å². The van der Waals surface area contributed by atoms with Gasteiger partial charge in [0, 0.05) is 21.3 Å². The SMILES string of the molecule is COc1cccc(C(=O)[C@H](C(C)=O)C2c3ccccc3Sc3ccccc32)c1. The molecular weight excluding hydrogens is 368 g/mol. The number of ketones is 2. The largest absolute Gasteiger partial charge is 0.497 e. The van der Waals surface area contributed by atoms with Gasteiger partial charge >= 0.3 is 0 Å². The predicted octanol–water partition coefficient (Wildman–Crippen LogP) is 5.38. The third kappa shape index (κ3) is 3.25. The van der Waals surface area contributed by atoms with Crippen molar-refractivity contribution in [1.29, 1.82) is 0 Å². The Bertz CT molecular complexity index is 1010. The average molecular weight is 388 g/mol. The molecule has 0 amide bonds. The van der Waals surface area contributed by atoms with Crippen LogP contribution in [0.25, 0.3) is 0 Å². The molecule has 0 aliphatic carbocycles. The summed E-state index contributed by atoms with van der Waals surface area (Å²) in [4.78, 5) is 28.5. The lowest BCUT2D eigenvalue weighted by Crippen LogP contribution is -2.31. The first kappa shape index (κ1) is 18.5. The molecule has 1 aliphatic rings. The van der Waals surface area contributed by atoms with Gasteiger partial charge in [-0.25, -0.2) is 0 Å². The van der Waals surface area contributed by atoms with E-state index in [2.05, 4.69) is 12.1 Å². The first-order chi connectivity index (χ1) is 13.6. The second kappa shape index (κ2) is 7.64. The Morgan fingerprint density at radius 3 is 2.07 bits per heavy atom. The molecule has 0 saturated heterocycles. The van der Waals surface area contributed by atoms with Crippen molar-refractivity contribution in [1.82, 2.24) is 0 Å². The summed E-state index contributed by atoms with van der Waals surface area (Å²) in [7, 11) is 1.57. The van der Waals surface area contributed by atoms with Crippen LogP contribution in [-0.2, 0) is 4.79 Å². The maximum Gasteiger partial charge on any atom is 0.174 e. The monoisotopic (exact) mass is 388 g/mol. The van der Waals surface area contributed by atoms with Gasteiger partial charge in [-0.3, -0.25) is 9.59 Å². The van der Waals surface area contributed by atoms with Crippen LogP contribution >= 0.6 is 11.8 Å². The third-order valence-corrected chi connectivity index (χ3v) is 6.32. The summed E-state index contributed by atoms with van der Waals surface area (Å²) in [6, 6.07) is 23.1. The Labute approximate surface area is 168 Å². The van der Waals surface area contributed by atoms with Crippen molar-refractivity contribution in [2.75, 3.05) is 7.11 Å². The summed E-state index contributed by atoms with van der Waals surface area (Å²) >= 11 is 1.69. The summed E-state index contributed by atoms with van der Waals surface area (Å²) in [6.45, 7) is 1.51. The van der Waals surface area contributed by atoms with Crippen LogP contribution in [0.1, 0.15) is 34.3 Å². The number of hydrogen-bond donors (Lipinski definition) is 0. The number of fused-ring (bicyclic) bond motifs is 2. The molecule has 0 aromatic heterocycles. The highest BCUT2D eigenvalue weighted by Gasteiger charge is 2.39. The summed E-state index contributed by atoms with van der Waals surface area (Å²) in [5.74, 6) is -0.782. The fourth-order valence-electron chi connectivity index (χ4n) is 3.83. The van der Waals surface area contributed by atoms with Crippen LogP contribution in [0.15, 0.2) is 82.6 Å². The summed E-state index contributed by atoms with van der Waals surface area (Å²) in [6.07, 6.45) is 0. The Morgan fingerprint density at radius 1 is 0.893 bits per heavy atom. The molecule has 140 valence electrons. The van der Waals surface area contributed by atoms with Gasteiger partial charge < -0.3 is 4.74 Å². The highest BCUT2D eigenvalue weighted by atomic mass is 32.2. The van der Waals surface area contributed by atoms with E-state index in [-0.39, 0.29) is 17.5 Å². The van der Waals surface area contributed by atoms with E-state index >= 15 is 0 Å². The number of rotatable bonds is 5. The molecule has 0 bridgehead atoms. The fourth-order valence-corrected chi connectivity index (χ4v) is 4.99. The van der Waals surface area contributed by atoms with Crippen LogP contribution in [0, 0.1) is 5.92 Å². The maximum absolute atomic E-state index is 13.5. The number of carbonyl (C=O) groups is 2. The van der Waals surface area contributed by atoms with Crippen LogP contribution < -0.4 is 4.74 Å². The molecule has 3 aromatic carbocycles. The minimum Gasteiger partial charge on any atom is -0.497 e. The van der Waals surface area contributed by atoms with E-state index in [4.69, 9.17) is 4.74 Å². The van der Waals surface area contributed by atoms with Gasteiger partial charge in [0.15, 0.2) is 5.78 Å². The molecule has 0 saturated carbocycles. The first-order valence-corrected chi connectivity index (χ1v) is 9.96. The Kier molecular flexibility index (Phi) is 5.05. The van der Waals surface area contributed by atoms with Crippen molar-refractivity contribution in [2.45, 2.75) is 22.6 Å². The lowest BCUT2D eigenvalue weighted by molar-refractivity contribution is -0.119. The molecule has 3 nitrogen and oxygen atoms in total. The van der Waals surface area contributed by atoms with Crippen molar-refractivity contribution in [3.63, 3.8) is 0 Å². The summed E-state index contributed by atoms with van der Waals surface area (Å²) < 4.78 is 5.26. The average Bonchev–Trinajstić information content (AvgIpc) is 2.73. The van der Waals surface area contributed by atoms with Gasteiger partial charge in [-0.05, 0) is 42.3 Å². The van der Waals surface area contributed by atoms with Crippen LogP contribution in [0.5, 0.6) is 5.75 Å².